The summed E-state index contributed by atoms with van der Waals surface area (Å²) in [7, 11) is 0. The van der Waals surface area contributed by atoms with Gasteiger partial charge in [0.2, 0.25) is 0 Å². The van der Waals surface area contributed by atoms with Gasteiger partial charge in [0.1, 0.15) is 0 Å². The van der Waals surface area contributed by atoms with Crippen LogP contribution in [0.5, 0.6) is 0 Å². The lowest BCUT2D eigenvalue weighted by molar-refractivity contribution is -0.121. The van der Waals surface area contributed by atoms with Crippen LogP contribution in [0.2, 0.25) is 0 Å². The lowest BCUT2D eigenvalue weighted by atomic mass is 10.1. The predicted octanol–water partition coefficient (Wildman–Crippen LogP) is 2.32. The van der Waals surface area contributed by atoms with Crippen LogP contribution in [0.1, 0.15) is 22.5 Å². The molecule has 1 saturated heterocycles. The molecule has 1 aliphatic rings. The molecule has 1 amide bonds. The highest BCUT2D eigenvalue weighted by molar-refractivity contribution is 9.10. The Labute approximate surface area is 100 Å². The number of hydrogen-bond acceptors (Lipinski definition) is 3. The fourth-order valence-electron chi connectivity index (χ4n) is 1.59. The van der Waals surface area contributed by atoms with Gasteiger partial charge < -0.3 is 4.90 Å². The van der Waals surface area contributed by atoms with E-state index in [1.54, 1.807) is 11.0 Å². The van der Waals surface area contributed by atoms with E-state index < -0.39 is 0 Å². The van der Waals surface area contributed by atoms with Crippen LogP contribution in [0.4, 0.5) is 0 Å². The van der Waals surface area contributed by atoms with Crippen molar-refractivity contribution in [3.8, 4) is 0 Å². The summed E-state index contributed by atoms with van der Waals surface area (Å²) in [5.74, 6) is 0.129. The maximum atomic E-state index is 11.9. The number of thiophene rings is 1. The Balaban J connectivity index is 2.10. The van der Waals surface area contributed by atoms with Crippen LogP contribution < -0.4 is 0 Å². The highest BCUT2D eigenvalue weighted by Crippen LogP contribution is 2.22. The molecule has 0 spiro atoms. The van der Waals surface area contributed by atoms with E-state index in [-0.39, 0.29) is 18.2 Å². The Bertz CT molecular complexity index is 402. The summed E-state index contributed by atoms with van der Waals surface area (Å²) in [6, 6.07) is 1.80. The standard InChI is InChI=1S/C10H10BrNO2S/c11-7-4-9(15-6-7)10(14)12-3-1-2-8(13)5-12/h4,6H,1-3,5H2. The van der Waals surface area contributed by atoms with E-state index in [4.69, 9.17) is 0 Å². The van der Waals surface area contributed by atoms with Crippen LogP contribution in [0.3, 0.4) is 0 Å². The molecule has 0 atom stereocenters. The van der Waals surface area contributed by atoms with E-state index in [0.717, 1.165) is 10.9 Å². The maximum absolute atomic E-state index is 11.9. The Hall–Kier alpha value is -0.680. The minimum atomic E-state index is -0.0289. The number of amides is 1. The van der Waals surface area contributed by atoms with Gasteiger partial charge in [-0.05, 0) is 28.4 Å². The molecule has 0 radical (unpaired) electrons. The molecule has 2 rings (SSSR count). The van der Waals surface area contributed by atoms with Crippen molar-refractivity contribution in [2.24, 2.45) is 0 Å². The Morgan fingerprint density at radius 2 is 2.33 bits per heavy atom. The van der Waals surface area contributed by atoms with E-state index in [2.05, 4.69) is 15.9 Å². The summed E-state index contributed by atoms with van der Waals surface area (Å²) >= 11 is 4.71. The molecule has 0 bridgehead atoms. The molecule has 1 aromatic heterocycles. The van der Waals surface area contributed by atoms with E-state index >= 15 is 0 Å². The Kier molecular flexibility index (Phi) is 3.21. The number of Topliss-reactive ketones (excluding diaryl/α,β-unsaturated/α-hetero) is 1. The first-order valence-electron chi connectivity index (χ1n) is 4.72. The fourth-order valence-corrected chi connectivity index (χ4v) is 2.99. The summed E-state index contributed by atoms with van der Waals surface area (Å²) in [5, 5.41) is 1.87. The van der Waals surface area contributed by atoms with E-state index in [0.29, 0.717) is 17.8 Å². The molecule has 1 fully saturated rings. The number of halogens is 1. The Morgan fingerprint density at radius 3 is 2.93 bits per heavy atom. The lowest BCUT2D eigenvalue weighted by Crippen LogP contribution is -2.39. The van der Waals surface area contributed by atoms with Crippen LogP contribution in [0, 0.1) is 0 Å². The highest BCUT2D eigenvalue weighted by Gasteiger charge is 2.23. The van der Waals surface area contributed by atoms with Crippen LogP contribution in [0.25, 0.3) is 0 Å². The minimum absolute atomic E-state index is 0.0289. The zero-order chi connectivity index (χ0) is 10.8. The number of carbonyl (C=O) groups is 2. The number of piperidine rings is 1. The van der Waals surface area contributed by atoms with Gasteiger partial charge in [-0.2, -0.15) is 0 Å². The van der Waals surface area contributed by atoms with Crippen molar-refractivity contribution >= 4 is 39.0 Å². The normalized spacial score (nSPS) is 16.9. The van der Waals surface area contributed by atoms with Gasteiger partial charge in [0.25, 0.3) is 5.91 Å². The van der Waals surface area contributed by atoms with Gasteiger partial charge in [0.15, 0.2) is 5.78 Å². The molecule has 0 aromatic carbocycles. The van der Waals surface area contributed by atoms with Crippen molar-refractivity contribution in [3.63, 3.8) is 0 Å². The third-order valence-electron chi connectivity index (χ3n) is 2.32. The van der Waals surface area contributed by atoms with Crippen LogP contribution in [-0.4, -0.2) is 29.7 Å². The van der Waals surface area contributed by atoms with Gasteiger partial charge in [-0.25, -0.2) is 0 Å². The quantitative estimate of drug-likeness (QED) is 0.795. The zero-order valence-electron chi connectivity index (χ0n) is 8.03. The predicted molar refractivity (Wildman–Crippen MR) is 62.2 cm³/mol. The van der Waals surface area contributed by atoms with Crippen molar-refractivity contribution in [1.82, 2.24) is 4.90 Å². The van der Waals surface area contributed by atoms with Gasteiger partial charge >= 0.3 is 0 Å². The van der Waals surface area contributed by atoms with Gasteiger partial charge in [-0.15, -0.1) is 11.3 Å². The average Bonchev–Trinajstić information content (AvgIpc) is 2.64. The first-order valence-corrected chi connectivity index (χ1v) is 6.39. The van der Waals surface area contributed by atoms with Gasteiger partial charge in [-0.1, -0.05) is 0 Å². The third kappa shape index (κ3) is 2.46. The second-order valence-corrected chi connectivity index (χ2v) is 5.33. The third-order valence-corrected chi connectivity index (χ3v) is 4.00. The molecule has 1 aromatic rings. The van der Waals surface area contributed by atoms with E-state index in [1.165, 1.54) is 11.3 Å². The largest absolute Gasteiger partial charge is 0.331 e. The van der Waals surface area contributed by atoms with Crippen molar-refractivity contribution in [2.45, 2.75) is 12.8 Å². The topological polar surface area (TPSA) is 37.4 Å². The van der Waals surface area contributed by atoms with Gasteiger partial charge in [0, 0.05) is 22.8 Å². The molecule has 5 heteroatoms. The molecule has 15 heavy (non-hydrogen) atoms. The van der Waals surface area contributed by atoms with Crippen LogP contribution >= 0.6 is 27.3 Å². The summed E-state index contributed by atoms with van der Waals surface area (Å²) in [6.07, 6.45) is 1.40. The van der Waals surface area contributed by atoms with E-state index in [9.17, 15) is 9.59 Å². The molecular formula is C10H10BrNO2S. The molecular weight excluding hydrogens is 278 g/mol. The van der Waals surface area contributed by atoms with Gasteiger partial charge in [0.05, 0.1) is 11.4 Å². The second kappa shape index (κ2) is 4.45. The second-order valence-electron chi connectivity index (χ2n) is 3.50. The molecule has 2 heterocycles. The number of hydrogen-bond donors (Lipinski definition) is 0. The van der Waals surface area contributed by atoms with Crippen molar-refractivity contribution in [3.05, 3.63) is 20.8 Å². The first kappa shape index (κ1) is 10.8. The fraction of sp³-hybridized carbons (Fsp3) is 0.400. The van der Waals surface area contributed by atoms with E-state index in [1.807, 2.05) is 5.38 Å². The minimum Gasteiger partial charge on any atom is -0.331 e. The van der Waals surface area contributed by atoms with Crippen molar-refractivity contribution in [2.75, 3.05) is 13.1 Å². The Morgan fingerprint density at radius 1 is 1.53 bits per heavy atom. The lowest BCUT2D eigenvalue weighted by Gasteiger charge is -2.25. The van der Waals surface area contributed by atoms with Crippen LogP contribution in [0.15, 0.2) is 15.9 Å². The number of rotatable bonds is 1. The summed E-state index contributed by atoms with van der Waals surface area (Å²) < 4.78 is 0.916. The number of carbonyl (C=O) groups excluding carboxylic acids is 2. The molecule has 1 aliphatic heterocycles. The number of nitrogens with zero attached hydrogens (tertiary/aromatic N) is 1. The molecule has 80 valence electrons. The highest BCUT2D eigenvalue weighted by atomic mass is 79.9. The van der Waals surface area contributed by atoms with Crippen molar-refractivity contribution in [1.29, 1.82) is 0 Å². The number of likely N-dealkylation sites (tertiary alicyclic amines) is 1. The molecule has 0 unspecified atom stereocenters. The van der Waals surface area contributed by atoms with Crippen molar-refractivity contribution < 1.29 is 9.59 Å². The molecule has 3 nitrogen and oxygen atoms in total. The molecule has 0 N–H and O–H groups in total. The first-order chi connectivity index (χ1) is 7.16. The van der Waals surface area contributed by atoms with Crippen LogP contribution in [-0.2, 0) is 4.79 Å². The SMILES string of the molecule is O=C1CCCN(C(=O)c2cc(Br)cs2)C1. The average molecular weight is 288 g/mol. The summed E-state index contributed by atoms with van der Waals surface area (Å²) in [4.78, 5) is 25.5. The maximum Gasteiger partial charge on any atom is 0.264 e. The molecule has 0 aliphatic carbocycles. The summed E-state index contributed by atoms with van der Waals surface area (Å²) in [5.41, 5.74) is 0. The monoisotopic (exact) mass is 287 g/mol. The van der Waals surface area contributed by atoms with Gasteiger partial charge in [-0.3, -0.25) is 9.59 Å². The number of ketones is 1. The summed E-state index contributed by atoms with van der Waals surface area (Å²) in [6.45, 7) is 0.967. The molecule has 0 saturated carbocycles. The zero-order valence-corrected chi connectivity index (χ0v) is 10.4. The smallest absolute Gasteiger partial charge is 0.264 e.